The minimum atomic E-state index is -0.188. The van der Waals surface area contributed by atoms with E-state index in [0.717, 1.165) is 31.4 Å². The fraction of sp³-hybridized carbons (Fsp3) is 0.471. The Bertz CT molecular complexity index is 427. The summed E-state index contributed by atoms with van der Waals surface area (Å²) in [7, 11) is 0. The molecule has 0 saturated heterocycles. The van der Waals surface area contributed by atoms with E-state index in [1.54, 1.807) is 6.20 Å². The highest BCUT2D eigenvalue weighted by Gasteiger charge is 1.96. The van der Waals surface area contributed by atoms with Crippen LogP contribution in [0.5, 0.6) is 0 Å². The van der Waals surface area contributed by atoms with Crippen LogP contribution in [-0.4, -0.2) is 25.8 Å². The van der Waals surface area contributed by atoms with Crippen molar-refractivity contribution >= 4 is 12.1 Å². The van der Waals surface area contributed by atoms with Crippen LogP contribution in [0.3, 0.4) is 0 Å². The first-order valence-corrected chi connectivity index (χ1v) is 7.57. The number of unbranched alkanes of at least 4 members (excludes halogenated alkanes) is 1. The van der Waals surface area contributed by atoms with Gasteiger partial charge in [0.15, 0.2) is 0 Å². The number of hydrogen-bond acceptors (Lipinski definition) is 2. The van der Waals surface area contributed by atoms with Gasteiger partial charge in [0.2, 0.25) is 0 Å². The van der Waals surface area contributed by atoms with E-state index in [-0.39, 0.29) is 6.03 Å². The van der Waals surface area contributed by atoms with Gasteiger partial charge >= 0.3 is 6.03 Å². The van der Waals surface area contributed by atoms with Gasteiger partial charge in [0.05, 0.1) is 0 Å². The van der Waals surface area contributed by atoms with Gasteiger partial charge in [-0.25, -0.2) is 4.79 Å². The van der Waals surface area contributed by atoms with Crippen molar-refractivity contribution in [2.75, 3.05) is 19.8 Å². The monoisotopic (exact) mass is 290 g/mol. The second kappa shape index (κ2) is 10.9. The van der Waals surface area contributed by atoms with E-state index in [1.165, 1.54) is 5.56 Å². The molecule has 0 spiro atoms. The van der Waals surface area contributed by atoms with Crippen molar-refractivity contribution in [2.45, 2.75) is 33.1 Å². The molecule has 0 aliphatic heterocycles. The molecule has 2 N–H and O–H groups in total. The molecule has 4 heteroatoms. The molecular weight excluding hydrogens is 264 g/mol. The van der Waals surface area contributed by atoms with Crippen molar-refractivity contribution in [3.05, 3.63) is 41.6 Å². The van der Waals surface area contributed by atoms with Gasteiger partial charge in [0.25, 0.3) is 0 Å². The third-order valence-electron chi connectivity index (χ3n) is 2.96. The molecule has 0 atom stereocenters. The maximum Gasteiger partial charge on any atom is 0.318 e. The van der Waals surface area contributed by atoms with Crippen LogP contribution >= 0.6 is 0 Å². The summed E-state index contributed by atoms with van der Waals surface area (Å²) in [6.45, 7) is 6.31. The minimum absolute atomic E-state index is 0.188. The van der Waals surface area contributed by atoms with E-state index >= 15 is 0 Å². The topological polar surface area (TPSA) is 50.4 Å². The number of amides is 2. The molecular formula is C17H26N2O2. The summed E-state index contributed by atoms with van der Waals surface area (Å²) in [4.78, 5) is 11.5. The van der Waals surface area contributed by atoms with Gasteiger partial charge in [-0.3, -0.25) is 0 Å². The summed E-state index contributed by atoms with van der Waals surface area (Å²) in [5.41, 5.74) is 2.28. The fourth-order valence-electron chi connectivity index (χ4n) is 1.67. The molecule has 0 fully saturated rings. The zero-order valence-electron chi connectivity index (χ0n) is 13.0. The lowest BCUT2D eigenvalue weighted by atomic mass is 10.1. The third kappa shape index (κ3) is 8.87. The van der Waals surface area contributed by atoms with Gasteiger partial charge in [-0.1, -0.05) is 43.2 Å². The third-order valence-corrected chi connectivity index (χ3v) is 2.96. The molecule has 116 valence electrons. The Morgan fingerprint density at radius 1 is 1.19 bits per heavy atom. The van der Waals surface area contributed by atoms with Crippen LogP contribution in [0, 0.1) is 6.92 Å². The van der Waals surface area contributed by atoms with Gasteiger partial charge in [-0.05, 0) is 31.4 Å². The van der Waals surface area contributed by atoms with Crippen molar-refractivity contribution < 1.29 is 9.53 Å². The standard InChI is InChI=1S/C17H26N2O2/c1-3-4-13-21-14-5-11-18-17(20)19-12-10-16-8-6-15(2)7-9-16/h6-10,12H,3-5,11,13-14H2,1-2H3,(H2,18,19,20)/b12-10+. The SMILES string of the molecule is CCCCOCCCNC(=O)N/C=C/c1ccc(C)cc1. The molecule has 0 heterocycles. The predicted octanol–water partition coefficient (Wildman–Crippen LogP) is 3.47. The minimum Gasteiger partial charge on any atom is -0.381 e. The van der Waals surface area contributed by atoms with Gasteiger partial charge in [0.1, 0.15) is 0 Å². The molecule has 0 aliphatic carbocycles. The highest BCUT2D eigenvalue weighted by Crippen LogP contribution is 2.04. The molecule has 0 unspecified atom stereocenters. The number of carbonyl (C=O) groups excluding carboxylic acids is 1. The number of urea groups is 1. The normalized spacial score (nSPS) is 10.8. The Kier molecular flexibility index (Phi) is 8.96. The van der Waals surface area contributed by atoms with E-state index in [4.69, 9.17) is 4.74 Å². The van der Waals surface area contributed by atoms with Crippen molar-refractivity contribution in [1.29, 1.82) is 0 Å². The molecule has 2 amide bonds. The van der Waals surface area contributed by atoms with E-state index in [1.807, 2.05) is 37.3 Å². The largest absolute Gasteiger partial charge is 0.381 e. The number of hydrogen-bond donors (Lipinski definition) is 2. The van der Waals surface area contributed by atoms with Gasteiger partial charge in [0, 0.05) is 26.0 Å². The number of ether oxygens (including phenoxy) is 1. The number of benzene rings is 1. The fourth-order valence-corrected chi connectivity index (χ4v) is 1.67. The molecule has 1 rings (SSSR count). The van der Waals surface area contributed by atoms with Crippen LogP contribution in [0.4, 0.5) is 4.79 Å². The van der Waals surface area contributed by atoms with Crippen molar-refractivity contribution in [3.63, 3.8) is 0 Å². The Balaban J connectivity index is 2.07. The summed E-state index contributed by atoms with van der Waals surface area (Å²) >= 11 is 0. The molecule has 0 saturated carbocycles. The Morgan fingerprint density at radius 2 is 1.90 bits per heavy atom. The molecule has 21 heavy (non-hydrogen) atoms. The van der Waals surface area contributed by atoms with Crippen LogP contribution in [-0.2, 0) is 4.74 Å². The second-order valence-electron chi connectivity index (χ2n) is 4.96. The van der Waals surface area contributed by atoms with Crippen LogP contribution in [0.15, 0.2) is 30.5 Å². The number of rotatable bonds is 9. The lowest BCUT2D eigenvalue weighted by Crippen LogP contribution is -2.33. The average molecular weight is 290 g/mol. The van der Waals surface area contributed by atoms with Crippen LogP contribution in [0.2, 0.25) is 0 Å². The molecule has 1 aromatic rings. The van der Waals surface area contributed by atoms with Gasteiger partial charge < -0.3 is 15.4 Å². The lowest BCUT2D eigenvalue weighted by Gasteiger charge is -2.05. The maximum atomic E-state index is 11.5. The summed E-state index contributed by atoms with van der Waals surface area (Å²) in [5.74, 6) is 0. The highest BCUT2D eigenvalue weighted by atomic mass is 16.5. The molecule has 0 aromatic heterocycles. The zero-order chi connectivity index (χ0) is 15.3. The number of aryl methyl sites for hydroxylation is 1. The van der Waals surface area contributed by atoms with Gasteiger partial charge in [-0.2, -0.15) is 0 Å². The highest BCUT2D eigenvalue weighted by molar-refractivity contribution is 5.75. The number of carbonyl (C=O) groups is 1. The molecule has 0 aliphatic rings. The van der Waals surface area contributed by atoms with E-state index < -0.39 is 0 Å². The lowest BCUT2D eigenvalue weighted by molar-refractivity contribution is 0.129. The quantitative estimate of drug-likeness (QED) is 0.684. The average Bonchev–Trinajstić information content (AvgIpc) is 2.48. The molecule has 4 nitrogen and oxygen atoms in total. The van der Waals surface area contributed by atoms with E-state index in [2.05, 4.69) is 17.6 Å². The summed E-state index contributed by atoms with van der Waals surface area (Å²) < 4.78 is 5.42. The zero-order valence-corrected chi connectivity index (χ0v) is 13.0. The van der Waals surface area contributed by atoms with E-state index in [9.17, 15) is 4.79 Å². The van der Waals surface area contributed by atoms with Crippen LogP contribution < -0.4 is 10.6 Å². The smallest absolute Gasteiger partial charge is 0.318 e. The first kappa shape index (κ1) is 17.2. The maximum absolute atomic E-state index is 11.5. The second-order valence-corrected chi connectivity index (χ2v) is 4.96. The Labute approximate surface area is 127 Å². The Morgan fingerprint density at radius 3 is 2.62 bits per heavy atom. The van der Waals surface area contributed by atoms with Crippen molar-refractivity contribution in [1.82, 2.24) is 10.6 Å². The van der Waals surface area contributed by atoms with Crippen molar-refractivity contribution in [3.8, 4) is 0 Å². The van der Waals surface area contributed by atoms with Crippen LogP contribution in [0.25, 0.3) is 6.08 Å². The molecule has 1 aromatic carbocycles. The van der Waals surface area contributed by atoms with E-state index in [0.29, 0.717) is 13.2 Å². The Hall–Kier alpha value is -1.81. The summed E-state index contributed by atoms with van der Waals surface area (Å²) in [6, 6.07) is 7.92. The summed E-state index contributed by atoms with van der Waals surface area (Å²) in [6.07, 6.45) is 6.59. The predicted molar refractivity (Wildman–Crippen MR) is 87.1 cm³/mol. The summed E-state index contributed by atoms with van der Waals surface area (Å²) in [5, 5.41) is 5.47. The number of nitrogens with one attached hydrogen (secondary N) is 2. The first-order valence-electron chi connectivity index (χ1n) is 7.57. The van der Waals surface area contributed by atoms with Gasteiger partial charge in [-0.15, -0.1) is 0 Å². The van der Waals surface area contributed by atoms with Crippen LogP contribution in [0.1, 0.15) is 37.3 Å². The van der Waals surface area contributed by atoms with Crippen molar-refractivity contribution in [2.24, 2.45) is 0 Å². The first-order chi connectivity index (χ1) is 10.2. The molecule has 0 radical (unpaired) electrons. The molecule has 0 bridgehead atoms.